The first-order valence-electron chi connectivity index (χ1n) is 12.6. The van der Waals surface area contributed by atoms with Crippen LogP contribution in [0.4, 0.5) is 0 Å². The largest absolute Gasteiger partial charge is 0.265 e. The minimum atomic E-state index is -0.184. The number of nitrogens with zero attached hydrogens (tertiary/aromatic N) is 2. The van der Waals surface area contributed by atoms with Crippen LogP contribution in [0.15, 0.2) is 109 Å². The topological polar surface area (TPSA) is 36.7 Å². The van der Waals surface area contributed by atoms with Crippen molar-refractivity contribution in [3.05, 3.63) is 126 Å². The van der Waals surface area contributed by atoms with E-state index in [0.29, 0.717) is 5.56 Å². The quantitative estimate of drug-likeness (QED) is 0.236. The Labute approximate surface area is 216 Å². The van der Waals surface area contributed by atoms with Gasteiger partial charge >= 0.3 is 0 Å². The molecule has 1 heterocycles. The van der Waals surface area contributed by atoms with Gasteiger partial charge in [-0.2, -0.15) is 5.26 Å². The van der Waals surface area contributed by atoms with Gasteiger partial charge in [0.25, 0.3) is 0 Å². The van der Waals surface area contributed by atoms with Gasteiger partial charge in [-0.25, -0.2) is 0 Å². The van der Waals surface area contributed by atoms with Crippen LogP contribution >= 0.6 is 0 Å². The molecule has 2 nitrogen and oxygen atoms in total. The van der Waals surface area contributed by atoms with Gasteiger partial charge in [0.2, 0.25) is 0 Å². The first-order valence-corrected chi connectivity index (χ1v) is 12.6. The molecule has 6 aromatic rings. The summed E-state index contributed by atoms with van der Waals surface area (Å²) < 4.78 is 0. The Morgan fingerprint density at radius 1 is 0.595 bits per heavy atom. The molecule has 1 aromatic heterocycles. The van der Waals surface area contributed by atoms with E-state index in [4.69, 9.17) is 0 Å². The Morgan fingerprint density at radius 2 is 1.11 bits per heavy atom. The summed E-state index contributed by atoms with van der Waals surface area (Å²) in [6.07, 6.45) is 3.73. The standard InChI is InChI=1S/C35H24N2/c1-35(2)31-19-22(21-36)11-13-25(31)26-14-12-24(20-32(26)35)34-29-9-5-3-7-27(29)33(23-15-17-37-18-16-23)28-8-4-6-10-30(28)34/h3-20H,1-2H3. The number of fused-ring (bicyclic) bond motifs is 5. The van der Waals surface area contributed by atoms with Crippen LogP contribution in [0.3, 0.4) is 0 Å². The predicted octanol–water partition coefficient (Wildman–Crippen LogP) is 8.90. The summed E-state index contributed by atoms with van der Waals surface area (Å²) in [4.78, 5) is 4.25. The molecule has 1 aliphatic rings. The molecule has 0 radical (unpaired) electrons. The van der Waals surface area contributed by atoms with E-state index in [0.717, 1.165) is 0 Å². The van der Waals surface area contributed by atoms with Crippen molar-refractivity contribution < 1.29 is 0 Å². The molecule has 7 rings (SSSR count). The van der Waals surface area contributed by atoms with Crippen molar-refractivity contribution >= 4 is 21.5 Å². The van der Waals surface area contributed by atoms with Crippen molar-refractivity contribution in [3.63, 3.8) is 0 Å². The number of aromatic nitrogens is 1. The average Bonchev–Trinajstić information content (AvgIpc) is 3.17. The molecule has 0 amide bonds. The first-order chi connectivity index (χ1) is 18.1. The second kappa shape index (κ2) is 7.88. The zero-order valence-corrected chi connectivity index (χ0v) is 20.8. The van der Waals surface area contributed by atoms with Gasteiger partial charge in [-0.15, -0.1) is 0 Å². The number of pyridine rings is 1. The molecule has 0 atom stereocenters. The van der Waals surface area contributed by atoms with Crippen LogP contribution in [0.1, 0.15) is 30.5 Å². The summed E-state index contributed by atoms with van der Waals surface area (Å²) in [6.45, 7) is 4.54. The molecule has 0 unspecified atom stereocenters. The van der Waals surface area contributed by atoms with E-state index in [-0.39, 0.29) is 5.41 Å². The maximum absolute atomic E-state index is 9.50. The molecule has 37 heavy (non-hydrogen) atoms. The lowest BCUT2D eigenvalue weighted by atomic mass is 9.80. The lowest BCUT2D eigenvalue weighted by Crippen LogP contribution is -2.15. The summed E-state index contributed by atoms with van der Waals surface area (Å²) in [7, 11) is 0. The fraction of sp³-hybridized carbons (Fsp3) is 0.0857. The number of hydrogen-bond donors (Lipinski definition) is 0. The second-order valence-electron chi connectivity index (χ2n) is 10.3. The molecular weight excluding hydrogens is 448 g/mol. The summed E-state index contributed by atoms with van der Waals surface area (Å²) in [5.74, 6) is 0. The van der Waals surface area contributed by atoms with Crippen LogP contribution in [0.2, 0.25) is 0 Å². The van der Waals surface area contributed by atoms with Crippen molar-refractivity contribution in [2.45, 2.75) is 19.3 Å². The highest BCUT2D eigenvalue weighted by atomic mass is 14.6. The van der Waals surface area contributed by atoms with Gasteiger partial charge in [0, 0.05) is 17.8 Å². The Bertz CT molecular complexity index is 1850. The number of nitriles is 1. The molecule has 174 valence electrons. The van der Waals surface area contributed by atoms with E-state index in [1.165, 1.54) is 66.1 Å². The zero-order valence-electron chi connectivity index (χ0n) is 20.8. The van der Waals surface area contributed by atoms with Crippen molar-refractivity contribution in [2.24, 2.45) is 0 Å². The summed E-state index contributed by atoms with van der Waals surface area (Å²) >= 11 is 0. The first kappa shape index (κ1) is 21.5. The summed E-state index contributed by atoms with van der Waals surface area (Å²) in [5, 5.41) is 14.5. The van der Waals surface area contributed by atoms with Crippen LogP contribution in [0.25, 0.3) is 54.9 Å². The average molecular weight is 473 g/mol. The third kappa shape index (κ3) is 3.08. The van der Waals surface area contributed by atoms with Crippen molar-refractivity contribution in [1.29, 1.82) is 5.26 Å². The molecule has 0 saturated carbocycles. The van der Waals surface area contributed by atoms with Crippen molar-refractivity contribution in [3.8, 4) is 39.4 Å². The smallest absolute Gasteiger partial charge is 0.0991 e. The lowest BCUT2D eigenvalue weighted by molar-refractivity contribution is 0.660. The SMILES string of the molecule is CC1(C)c2cc(C#N)ccc2-c2ccc(-c3c4ccccc4c(-c4ccncc4)c4ccccc34)cc21. The number of rotatable bonds is 2. The molecule has 0 aliphatic heterocycles. The maximum atomic E-state index is 9.50. The Hall–Kier alpha value is -4.74. The van der Waals surface area contributed by atoms with E-state index in [9.17, 15) is 5.26 Å². The molecule has 2 heteroatoms. The Balaban J connectivity index is 1.54. The summed E-state index contributed by atoms with van der Waals surface area (Å²) in [6, 6.07) is 37.0. The highest BCUT2D eigenvalue weighted by Crippen LogP contribution is 2.51. The van der Waals surface area contributed by atoms with Gasteiger partial charge in [-0.3, -0.25) is 4.98 Å². The molecular formula is C35H24N2. The van der Waals surface area contributed by atoms with E-state index in [2.05, 4.69) is 116 Å². The lowest BCUT2D eigenvalue weighted by Gasteiger charge is -2.23. The van der Waals surface area contributed by atoms with Crippen LogP contribution < -0.4 is 0 Å². The fourth-order valence-electron chi connectivity index (χ4n) is 6.23. The number of benzene rings is 5. The molecule has 0 saturated heterocycles. The van der Waals surface area contributed by atoms with Gasteiger partial charge in [0.05, 0.1) is 11.6 Å². The minimum Gasteiger partial charge on any atom is -0.265 e. The molecule has 0 bridgehead atoms. The fourth-order valence-corrected chi connectivity index (χ4v) is 6.23. The third-order valence-electron chi connectivity index (χ3n) is 7.99. The summed E-state index contributed by atoms with van der Waals surface area (Å²) in [5.41, 5.74) is 10.4. The second-order valence-corrected chi connectivity index (χ2v) is 10.3. The van der Waals surface area contributed by atoms with Gasteiger partial charge < -0.3 is 0 Å². The van der Waals surface area contributed by atoms with Crippen molar-refractivity contribution in [2.75, 3.05) is 0 Å². The minimum absolute atomic E-state index is 0.184. The van der Waals surface area contributed by atoms with Crippen LogP contribution in [0.5, 0.6) is 0 Å². The highest BCUT2D eigenvalue weighted by Gasteiger charge is 2.36. The van der Waals surface area contributed by atoms with Gasteiger partial charge in [0.15, 0.2) is 0 Å². The predicted molar refractivity (Wildman–Crippen MR) is 152 cm³/mol. The third-order valence-corrected chi connectivity index (χ3v) is 7.99. The Morgan fingerprint density at radius 3 is 1.68 bits per heavy atom. The maximum Gasteiger partial charge on any atom is 0.0991 e. The Kier molecular flexibility index (Phi) is 4.59. The van der Waals surface area contributed by atoms with Gasteiger partial charge in [0.1, 0.15) is 0 Å². The number of hydrogen-bond acceptors (Lipinski definition) is 2. The molecule has 1 aliphatic carbocycles. The zero-order chi connectivity index (χ0) is 25.1. The van der Waals surface area contributed by atoms with Crippen LogP contribution in [-0.4, -0.2) is 4.98 Å². The molecule has 0 spiro atoms. The molecule has 0 N–H and O–H groups in total. The van der Waals surface area contributed by atoms with Crippen LogP contribution in [-0.2, 0) is 5.41 Å². The van der Waals surface area contributed by atoms with Crippen molar-refractivity contribution in [1.82, 2.24) is 4.98 Å². The highest BCUT2D eigenvalue weighted by molar-refractivity contribution is 6.21. The van der Waals surface area contributed by atoms with E-state index >= 15 is 0 Å². The monoisotopic (exact) mass is 472 g/mol. The molecule has 0 fully saturated rings. The normalized spacial score (nSPS) is 13.3. The van der Waals surface area contributed by atoms with E-state index in [1.54, 1.807) is 0 Å². The van der Waals surface area contributed by atoms with Crippen LogP contribution in [0, 0.1) is 11.3 Å². The van der Waals surface area contributed by atoms with Gasteiger partial charge in [-0.1, -0.05) is 80.6 Å². The molecule has 5 aromatic carbocycles. The van der Waals surface area contributed by atoms with E-state index in [1.807, 2.05) is 18.5 Å². The van der Waals surface area contributed by atoms with E-state index < -0.39 is 0 Å². The van der Waals surface area contributed by atoms with Gasteiger partial charge in [-0.05, 0) is 96.4 Å².